The van der Waals surface area contributed by atoms with E-state index in [1.807, 2.05) is 42.5 Å². The second-order valence-corrected chi connectivity index (χ2v) is 5.59. The van der Waals surface area contributed by atoms with E-state index in [1.165, 1.54) is 0 Å². The van der Waals surface area contributed by atoms with Crippen molar-refractivity contribution in [2.24, 2.45) is 0 Å². The van der Waals surface area contributed by atoms with Crippen molar-refractivity contribution in [2.75, 3.05) is 6.61 Å². The lowest BCUT2D eigenvalue weighted by molar-refractivity contribution is -0.175. The maximum atomic E-state index is 11.9. The summed E-state index contributed by atoms with van der Waals surface area (Å²) in [5, 5.41) is 2.44. The molecule has 3 nitrogen and oxygen atoms in total. The molecule has 1 atom stereocenters. The molecule has 1 saturated heterocycles. The summed E-state index contributed by atoms with van der Waals surface area (Å²) in [5.74, 6) is 0. The third-order valence-electron chi connectivity index (χ3n) is 3.88. The second-order valence-electron chi connectivity index (χ2n) is 5.15. The van der Waals surface area contributed by atoms with E-state index in [0.717, 1.165) is 17.4 Å². The van der Waals surface area contributed by atoms with Gasteiger partial charge in [0.25, 0.3) is 0 Å². The van der Waals surface area contributed by atoms with Crippen LogP contribution < -0.4 is 0 Å². The van der Waals surface area contributed by atoms with Gasteiger partial charge >= 0.3 is 0 Å². The molecule has 1 aliphatic heterocycles. The molecule has 1 heterocycles. The molecule has 0 amide bonds. The molecule has 0 radical (unpaired) electrons. The number of nitrogens with zero attached hydrogens (tertiary/aromatic N) is 1. The van der Waals surface area contributed by atoms with E-state index >= 15 is 0 Å². The van der Waals surface area contributed by atoms with Gasteiger partial charge in [0.05, 0.1) is 13.2 Å². The van der Waals surface area contributed by atoms with Crippen LogP contribution in [0, 0.1) is 0 Å². The van der Waals surface area contributed by atoms with E-state index in [1.54, 1.807) is 17.2 Å². The molecule has 108 valence electrons. The second kappa shape index (κ2) is 5.98. The molecule has 4 heteroatoms. The number of hydroxylamine groups is 2. The number of hydrogen-bond donors (Lipinski definition) is 0. The largest absolute Gasteiger partial charge is 0.301 e. The van der Waals surface area contributed by atoms with Gasteiger partial charge in [-0.25, -0.2) is 0 Å². The smallest absolute Gasteiger partial charge is 0.147 e. The summed E-state index contributed by atoms with van der Waals surface area (Å²) in [6.45, 7) is 1.11. The van der Waals surface area contributed by atoms with Crippen molar-refractivity contribution in [1.82, 2.24) is 5.06 Å². The molecule has 0 N–H and O–H groups in total. The van der Waals surface area contributed by atoms with Crippen LogP contribution in [0.5, 0.6) is 0 Å². The van der Waals surface area contributed by atoms with Gasteiger partial charge in [0.15, 0.2) is 0 Å². The number of hydrogen-bond acceptors (Lipinski definition) is 3. The minimum absolute atomic E-state index is 0.536. The number of rotatable bonds is 4. The van der Waals surface area contributed by atoms with Crippen LogP contribution in [-0.4, -0.2) is 18.0 Å². The summed E-state index contributed by atoms with van der Waals surface area (Å²) in [6, 6.07) is 17.4. The summed E-state index contributed by atoms with van der Waals surface area (Å²) < 4.78 is 0. The number of benzene rings is 2. The summed E-state index contributed by atoms with van der Waals surface area (Å²) in [7, 11) is 0. The van der Waals surface area contributed by atoms with Gasteiger partial charge < -0.3 is 4.79 Å². The maximum Gasteiger partial charge on any atom is 0.147 e. The number of halogens is 1. The Balaban J connectivity index is 1.92. The third-order valence-corrected chi connectivity index (χ3v) is 4.14. The summed E-state index contributed by atoms with van der Waals surface area (Å²) in [4.78, 5) is 17.6. The fourth-order valence-electron chi connectivity index (χ4n) is 2.70. The lowest BCUT2D eigenvalue weighted by Gasteiger charge is -2.32. The fourth-order valence-corrected chi connectivity index (χ4v) is 2.83. The van der Waals surface area contributed by atoms with Gasteiger partial charge in [-0.3, -0.25) is 4.84 Å². The van der Waals surface area contributed by atoms with Crippen molar-refractivity contribution >= 4 is 17.9 Å². The Morgan fingerprint density at radius 1 is 1.14 bits per heavy atom. The standard InChI is InChI=1S/C17H16ClNO2/c18-16-8-6-15(7-9-16)17(13-20)10-11-21-19(17)12-14-4-2-1-3-5-14/h1-9,13H,10-12H2/t17-/m0/s1. The van der Waals surface area contributed by atoms with Gasteiger partial charge in [0.1, 0.15) is 11.8 Å². The first-order valence-electron chi connectivity index (χ1n) is 6.91. The zero-order chi connectivity index (χ0) is 14.7. The molecular formula is C17H16ClNO2. The van der Waals surface area contributed by atoms with E-state index in [2.05, 4.69) is 0 Å². The lowest BCUT2D eigenvalue weighted by Crippen LogP contribution is -2.41. The van der Waals surface area contributed by atoms with Crippen molar-refractivity contribution in [3.05, 3.63) is 70.7 Å². The SMILES string of the molecule is O=C[C@]1(c2ccc(Cl)cc2)CCON1Cc1ccccc1. The zero-order valence-corrected chi connectivity index (χ0v) is 12.3. The molecule has 3 rings (SSSR count). The molecule has 2 aromatic carbocycles. The van der Waals surface area contributed by atoms with Crippen molar-refractivity contribution in [3.8, 4) is 0 Å². The Bertz CT molecular complexity index is 614. The van der Waals surface area contributed by atoms with Gasteiger partial charge in [-0.1, -0.05) is 54.1 Å². The van der Waals surface area contributed by atoms with Crippen LogP contribution >= 0.6 is 11.6 Å². The van der Waals surface area contributed by atoms with E-state index < -0.39 is 5.54 Å². The monoisotopic (exact) mass is 301 g/mol. The average molecular weight is 302 g/mol. The molecular weight excluding hydrogens is 286 g/mol. The molecule has 2 aromatic rings. The molecule has 0 spiro atoms. The van der Waals surface area contributed by atoms with E-state index in [-0.39, 0.29) is 0 Å². The van der Waals surface area contributed by atoms with Crippen LogP contribution in [0.15, 0.2) is 54.6 Å². The molecule has 21 heavy (non-hydrogen) atoms. The zero-order valence-electron chi connectivity index (χ0n) is 11.5. The summed E-state index contributed by atoms with van der Waals surface area (Å²) in [6.07, 6.45) is 1.62. The van der Waals surface area contributed by atoms with E-state index in [9.17, 15) is 4.79 Å². The normalized spacial score (nSPS) is 22.3. The Morgan fingerprint density at radius 3 is 2.52 bits per heavy atom. The topological polar surface area (TPSA) is 29.5 Å². The number of aldehydes is 1. The minimum atomic E-state index is -0.736. The van der Waals surface area contributed by atoms with Crippen LogP contribution in [-0.2, 0) is 21.7 Å². The number of carbonyl (C=O) groups is 1. The quantitative estimate of drug-likeness (QED) is 0.809. The van der Waals surface area contributed by atoms with Crippen LogP contribution in [0.3, 0.4) is 0 Å². The van der Waals surface area contributed by atoms with Crippen LogP contribution in [0.1, 0.15) is 17.5 Å². The van der Waals surface area contributed by atoms with Crippen molar-refractivity contribution in [2.45, 2.75) is 18.5 Å². The van der Waals surface area contributed by atoms with E-state index in [4.69, 9.17) is 16.4 Å². The lowest BCUT2D eigenvalue weighted by atomic mass is 9.88. The Labute approximate surface area is 129 Å². The van der Waals surface area contributed by atoms with Crippen molar-refractivity contribution in [3.63, 3.8) is 0 Å². The Hall–Kier alpha value is -1.68. The molecule has 0 aromatic heterocycles. The third kappa shape index (κ3) is 2.72. The first kappa shape index (κ1) is 14.3. The molecule has 0 unspecified atom stereocenters. The van der Waals surface area contributed by atoms with Gasteiger partial charge in [-0.2, -0.15) is 5.06 Å². The first-order valence-corrected chi connectivity index (χ1v) is 7.29. The van der Waals surface area contributed by atoms with Crippen LogP contribution in [0.4, 0.5) is 0 Å². The number of carbonyl (C=O) groups excluding carboxylic acids is 1. The predicted molar refractivity (Wildman–Crippen MR) is 81.7 cm³/mol. The molecule has 1 aliphatic rings. The molecule has 1 fully saturated rings. The highest BCUT2D eigenvalue weighted by Gasteiger charge is 2.44. The highest BCUT2D eigenvalue weighted by molar-refractivity contribution is 6.30. The van der Waals surface area contributed by atoms with Crippen molar-refractivity contribution < 1.29 is 9.63 Å². The summed E-state index contributed by atoms with van der Waals surface area (Å²) in [5.41, 5.74) is 1.29. The molecule has 0 aliphatic carbocycles. The van der Waals surface area contributed by atoms with Gasteiger partial charge in [0, 0.05) is 11.4 Å². The van der Waals surface area contributed by atoms with Gasteiger partial charge in [-0.05, 0) is 23.3 Å². The maximum absolute atomic E-state index is 11.9. The average Bonchev–Trinajstić information content (AvgIpc) is 2.93. The summed E-state index contributed by atoms with van der Waals surface area (Å²) >= 11 is 5.94. The van der Waals surface area contributed by atoms with Gasteiger partial charge in [-0.15, -0.1) is 0 Å². The first-order chi connectivity index (χ1) is 10.2. The van der Waals surface area contributed by atoms with E-state index in [0.29, 0.717) is 24.6 Å². The Morgan fingerprint density at radius 2 is 1.86 bits per heavy atom. The van der Waals surface area contributed by atoms with Crippen LogP contribution in [0.2, 0.25) is 5.02 Å². The van der Waals surface area contributed by atoms with Crippen LogP contribution in [0.25, 0.3) is 0 Å². The predicted octanol–water partition coefficient (Wildman–Crippen LogP) is 3.57. The van der Waals surface area contributed by atoms with Crippen molar-refractivity contribution in [1.29, 1.82) is 0 Å². The van der Waals surface area contributed by atoms with Gasteiger partial charge in [0.2, 0.25) is 0 Å². The molecule has 0 saturated carbocycles. The highest BCUT2D eigenvalue weighted by atomic mass is 35.5. The fraction of sp³-hybridized carbons (Fsp3) is 0.235. The molecule has 0 bridgehead atoms. The minimum Gasteiger partial charge on any atom is -0.301 e. The highest BCUT2D eigenvalue weighted by Crippen LogP contribution is 2.37. The Kier molecular flexibility index (Phi) is 4.06.